The summed E-state index contributed by atoms with van der Waals surface area (Å²) in [5, 5.41) is 8.79. The highest BCUT2D eigenvalue weighted by Gasteiger charge is 1.99. The molecular formula is C15H28O. The highest BCUT2D eigenvalue weighted by Crippen LogP contribution is 2.13. The van der Waals surface area contributed by atoms with Crippen molar-refractivity contribution in [3.8, 4) is 0 Å². The number of hydrogen-bond acceptors (Lipinski definition) is 1. The fraction of sp³-hybridized carbons (Fsp3) is 0.733. The van der Waals surface area contributed by atoms with E-state index in [4.69, 9.17) is 5.11 Å². The molecule has 1 unspecified atom stereocenters. The maximum atomic E-state index is 8.79. The molecule has 0 radical (unpaired) electrons. The standard InChI is InChI=1S/C15H28O/c1-13(2)7-5-8-14(3)9-6-10-15(4)11-12-16/h7,9,15-16H,5-6,8,10-12H2,1-4H3/b14-9-. The minimum atomic E-state index is 0.324. The van der Waals surface area contributed by atoms with Gasteiger partial charge in [-0.2, -0.15) is 0 Å². The first kappa shape index (κ1) is 15.4. The van der Waals surface area contributed by atoms with Crippen LogP contribution in [0, 0.1) is 5.92 Å². The van der Waals surface area contributed by atoms with Gasteiger partial charge in [-0.15, -0.1) is 0 Å². The van der Waals surface area contributed by atoms with Crippen molar-refractivity contribution in [2.75, 3.05) is 6.61 Å². The summed E-state index contributed by atoms with van der Waals surface area (Å²) in [6.07, 6.45) is 10.3. The Balaban J connectivity index is 3.66. The van der Waals surface area contributed by atoms with E-state index in [-0.39, 0.29) is 0 Å². The molecule has 94 valence electrons. The van der Waals surface area contributed by atoms with Gasteiger partial charge in [0.2, 0.25) is 0 Å². The van der Waals surface area contributed by atoms with Gasteiger partial charge in [0.1, 0.15) is 0 Å². The third kappa shape index (κ3) is 9.97. The van der Waals surface area contributed by atoms with Crippen molar-refractivity contribution >= 4 is 0 Å². The second kappa shape index (κ2) is 9.65. The van der Waals surface area contributed by atoms with Gasteiger partial charge in [0.05, 0.1) is 0 Å². The van der Waals surface area contributed by atoms with Crippen molar-refractivity contribution < 1.29 is 5.11 Å². The predicted octanol–water partition coefficient (Wildman–Crippen LogP) is 4.48. The van der Waals surface area contributed by atoms with Gasteiger partial charge in [0.15, 0.2) is 0 Å². The van der Waals surface area contributed by atoms with Gasteiger partial charge in [-0.05, 0) is 58.8 Å². The molecule has 0 fully saturated rings. The minimum Gasteiger partial charge on any atom is -0.396 e. The zero-order chi connectivity index (χ0) is 12.4. The number of hydrogen-bond donors (Lipinski definition) is 1. The molecule has 1 heteroatoms. The van der Waals surface area contributed by atoms with Crippen LogP contribution in [0.2, 0.25) is 0 Å². The molecule has 0 aromatic heterocycles. The van der Waals surface area contributed by atoms with Crippen LogP contribution < -0.4 is 0 Å². The molecular weight excluding hydrogens is 196 g/mol. The summed E-state index contributed by atoms with van der Waals surface area (Å²) < 4.78 is 0. The summed E-state index contributed by atoms with van der Waals surface area (Å²) >= 11 is 0. The van der Waals surface area contributed by atoms with Crippen LogP contribution in [0.4, 0.5) is 0 Å². The molecule has 0 amide bonds. The maximum Gasteiger partial charge on any atom is 0.0433 e. The Morgan fingerprint density at radius 2 is 1.75 bits per heavy atom. The summed E-state index contributed by atoms with van der Waals surface area (Å²) in [4.78, 5) is 0. The van der Waals surface area contributed by atoms with Crippen LogP contribution in [-0.4, -0.2) is 11.7 Å². The predicted molar refractivity (Wildman–Crippen MR) is 72.5 cm³/mol. The second-order valence-electron chi connectivity index (χ2n) is 5.07. The fourth-order valence-electron chi connectivity index (χ4n) is 1.67. The van der Waals surface area contributed by atoms with Crippen molar-refractivity contribution in [1.82, 2.24) is 0 Å². The molecule has 0 saturated carbocycles. The molecule has 0 aliphatic heterocycles. The Bertz CT molecular complexity index is 222. The van der Waals surface area contributed by atoms with E-state index in [0.717, 1.165) is 19.3 Å². The lowest BCUT2D eigenvalue weighted by molar-refractivity contribution is 0.259. The van der Waals surface area contributed by atoms with Crippen LogP contribution >= 0.6 is 0 Å². The van der Waals surface area contributed by atoms with Crippen molar-refractivity contribution in [2.24, 2.45) is 5.92 Å². The van der Waals surface area contributed by atoms with Crippen LogP contribution in [-0.2, 0) is 0 Å². The Morgan fingerprint density at radius 3 is 2.31 bits per heavy atom. The average Bonchev–Trinajstić information content (AvgIpc) is 2.17. The molecule has 1 atom stereocenters. The van der Waals surface area contributed by atoms with Gasteiger partial charge in [0, 0.05) is 6.61 Å². The highest BCUT2D eigenvalue weighted by molar-refractivity contribution is 5.02. The van der Waals surface area contributed by atoms with Crippen LogP contribution in [0.1, 0.15) is 59.8 Å². The van der Waals surface area contributed by atoms with Crippen LogP contribution in [0.3, 0.4) is 0 Å². The number of rotatable bonds is 8. The molecule has 0 aliphatic carbocycles. The van der Waals surface area contributed by atoms with Crippen molar-refractivity contribution in [1.29, 1.82) is 0 Å². The van der Waals surface area contributed by atoms with Gasteiger partial charge in [0.25, 0.3) is 0 Å². The summed E-state index contributed by atoms with van der Waals surface area (Å²) in [6, 6.07) is 0. The lowest BCUT2D eigenvalue weighted by atomic mass is 10.0. The van der Waals surface area contributed by atoms with Crippen molar-refractivity contribution in [3.63, 3.8) is 0 Å². The third-order valence-corrected chi connectivity index (χ3v) is 2.87. The fourth-order valence-corrected chi connectivity index (χ4v) is 1.67. The quantitative estimate of drug-likeness (QED) is 0.603. The number of allylic oxidation sites excluding steroid dienone is 4. The SMILES string of the molecule is CC(C)=CCC/C(C)=C\CCC(C)CCO. The first-order valence-electron chi connectivity index (χ1n) is 6.46. The monoisotopic (exact) mass is 224 g/mol. The Hall–Kier alpha value is -0.560. The van der Waals surface area contributed by atoms with Gasteiger partial charge >= 0.3 is 0 Å². The Morgan fingerprint density at radius 1 is 1.06 bits per heavy atom. The van der Waals surface area contributed by atoms with Crippen molar-refractivity contribution in [3.05, 3.63) is 23.3 Å². The summed E-state index contributed by atoms with van der Waals surface area (Å²) in [5.41, 5.74) is 2.90. The molecule has 0 rings (SSSR count). The molecule has 0 aromatic carbocycles. The van der Waals surface area contributed by atoms with Crippen molar-refractivity contribution in [2.45, 2.75) is 59.8 Å². The van der Waals surface area contributed by atoms with Gasteiger partial charge < -0.3 is 5.11 Å². The lowest BCUT2D eigenvalue weighted by Crippen LogP contribution is -1.97. The van der Waals surface area contributed by atoms with Gasteiger partial charge in [-0.1, -0.05) is 30.2 Å². The van der Waals surface area contributed by atoms with Crippen LogP contribution in [0.15, 0.2) is 23.3 Å². The van der Waals surface area contributed by atoms with E-state index in [2.05, 4.69) is 39.8 Å². The van der Waals surface area contributed by atoms with E-state index in [1.165, 1.54) is 24.0 Å². The zero-order valence-electron chi connectivity index (χ0n) is 11.4. The molecule has 0 spiro atoms. The molecule has 0 aliphatic rings. The van der Waals surface area contributed by atoms with E-state index in [9.17, 15) is 0 Å². The first-order chi connectivity index (χ1) is 7.56. The summed E-state index contributed by atoms with van der Waals surface area (Å²) in [6.45, 7) is 9.05. The van der Waals surface area contributed by atoms with Gasteiger partial charge in [-0.3, -0.25) is 0 Å². The smallest absolute Gasteiger partial charge is 0.0433 e. The maximum absolute atomic E-state index is 8.79. The second-order valence-corrected chi connectivity index (χ2v) is 5.07. The van der Waals surface area contributed by atoms with Gasteiger partial charge in [-0.25, -0.2) is 0 Å². The first-order valence-corrected chi connectivity index (χ1v) is 6.46. The van der Waals surface area contributed by atoms with Crippen LogP contribution in [0.25, 0.3) is 0 Å². The molecule has 1 nitrogen and oxygen atoms in total. The summed E-state index contributed by atoms with van der Waals surface area (Å²) in [5.74, 6) is 0.645. The van der Waals surface area contributed by atoms with E-state index >= 15 is 0 Å². The topological polar surface area (TPSA) is 20.2 Å². The van der Waals surface area contributed by atoms with E-state index in [1.54, 1.807) is 0 Å². The molecule has 1 N–H and O–H groups in total. The molecule has 0 aromatic rings. The number of aliphatic hydroxyl groups excluding tert-OH is 1. The highest BCUT2D eigenvalue weighted by atomic mass is 16.3. The molecule has 0 saturated heterocycles. The largest absolute Gasteiger partial charge is 0.396 e. The zero-order valence-corrected chi connectivity index (χ0v) is 11.4. The average molecular weight is 224 g/mol. The van der Waals surface area contributed by atoms with Crippen LogP contribution in [0.5, 0.6) is 0 Å². The Labute approximate surface area is 101 Å². The van der Waals surface area contributed by atoms with E-state index in [1.807, 2.05) is 0 Å². The number of aliphatic hydroxyl groups is 1. The molecule has 16 heavy (non-hydrogen) atoms. The normalized spacial score (nSPS) is 13.7. The van der Waals surface area contributed by atoms with E-state index < -0.39 is 0 Å². The minimum absolute atomic E-state index is 0.324. The third-order valence-electron chi connectivity index (χ3n) is 2.87. The van der Waals surface area contributed by atoms with E-state index in [0.29, 0.717) is 12.5 Å². The summed E-state index contributed by atoms with van der Waals surface area (Å²) in [7, 11) is 0. The lowest BCUT2D eigenvalue weighted by Gasteiger charge is -2.07. The molecule has 0 heterocycles. The Kier molecular flexibility index (Phi) is 9.31. The molecule has 0 bridgehead atoms.